The average molecular weight is 264 g/mol. The Labute approximate surface area is 105 Å². The van der Waals surface area contributed by atoms with Gasteiger partial charge in [0.15, 0.2) is 0 Å². The van der Waals surface area contributed by atoms with E-state index in [0.717, 1.165) is 6.42 Å². The predicted octanol–water partition coefficient (Wildman–Crippen LogP) is 0.497. The number of sulfonamides is 1. The van der Waals surface area contributed by atoms with E-state index in [1.165, 1.54) is 0 Å². The first-order chi connectivity index (χ1) is 7.98. The zero-order valence-electron chi connectivity index (χ0n) is 10.7. The maximum Gasteiger partial charge on any atom is 0.212 e. The summed E-state index contributed by atoms with van der Waals surface area (Å²) in [6, 6.07) is 0.299. The topological polar surface area (TPSA) is 67.4 Å². The Morgan fingerprint density at radius 3 is 2.59 bits per heavy atom. The molecule has 0 atom stereocenters. The largest absolute Gasteiger partial charge is 0.380 e. The monoisotopic (exact) mass is 264 g/mol. The van der Waals surface area contributed by atoms with Crippen molar-refractivity contribution in [2.45, 2.75) is 26.3 Å². The lowest BCUT2D eigenvalue weighted by Gasteiger charge is -2.09. The minimum atomic E-state index is -3.18. The van der Waals surface area contributed by atoms with E-state index >= 15 is 0 Å². The predicted molar refractivity (Wildman–Crippen MR) is 70.6 cm³/mol. The van der Waals surface area contributed by atoms with Crippen molar-refractivity contribution in [2.24, 2.45) is 0 Å². The summed E-state index contributed by atoms with van der Waals surface area (Å²) in [5.41, 5.74) is 0. The maximum atomic E-state index is 11.5. The minimum absolute atomic E-state index is 0.0951. The lowest BCUT2D eigenvalue weighted by atomic mass is 10.4. The summed E-state index contributed by atoms with van der Waals surface area (Å²) in [6.07, 6.45) is 2.55. The first-order valence-electron chi connectivity index (χ1n) is 5.87. The quantitative estimate of drug-likeness (QED) is 0.421. The van der Waals surface area contributed by atoms with Crippen LogP contribution in [0.5, 0.6) is 0 Å². The Balaban J connectivity index is 3.54. The van der Waals surface area contributed by atoms with Crippen LogP contribution in [0.15, 0.2) is 12.7 Å². The summed E-state index contributed by atoms with van der Waals surface area (Å²) in [5.74, 6) is 0.0951. The van der Waals surface area contributed by atoms with Crippen LogP contribution in [0, 0.1) is 0 Å². The zero-order chi connectivity index (χ0) is 13.1. The van der Waals surface area contributed by atoms with Crippen LogP contribution in [0.1, 0.15) is 20.3 Å². The number of nitrogens with one attached hydrogen (secondary N) is 2. The van der Waals surface area contributed by atoms with Crippen molar-refractivity contribution in [3.05, 3.63) is 12.7 Å². The fourth-order valence-corrected chi connectivity index (χ4v) is 2.02. The van der Waals surface area contributed by atoms with Gasteiger partial charge in [0, 0.05) is 19.1 Å². The van der Waals surface area contributed by atoms with Crippen molar-refractivity contribution in [1.29, 1.82) is 0 Å². The molecule has 0 aromatic carbocycles. The molecule has 102 valence electrons. The highest BCUT2D eigenvalue weighted by Gasteiger charge is 2.08. The van der Waals surface area contributed by atoms with Crippen LogP contribution < -0.4 is 10.0 Å². The third-order valence-corrected chi connectivity index (χ3v) is 3.34. The van der Waals surface area contributed by atoms with Gasteiger partial charge in [-0.2, -0.15) is 0 Å². The van der Waals surface area contributed by atoms with Gasteiger partial charge in [-0.15, -0.1) is 6.58 Å². The molecule has 0 heterocycles. The molecular formula is C11H24N2O3S. The van der Waals surface area contributed by atoms with Gasteiger partial charge in [-0.05, 0) is 6.42 Å². The average Bonchev–Trinajstić information content (AvgIpc) is 2.22. The second kappa shape index (κ2) is 9.58. The van der Waals surface area contributed by atoms with E-state index in [-0.39, 0.29) is 5.75 Å². The van der Waals surface area contributed by atoms with Gasteiger partial charge in [0.1, 0.15) is 0 Å². The van der Waals surface area contributed by atoms with Crippen molar-refractivity contribution in [3.63, 3.8) is 0 Å². The van der Waals surface area contributed by atoms with Gasteiger partial charge in [0.05, 0.1) is 19.0 Å². The highest BCUT2D eigenvalue weighted by Crippen LogP contribution is 1.86. The zero-order valence-corrected chi connectivity index (χ0v) is 11.6. The van der Waals surface area contributed by atoms with Crippen LogP contribution in [0.3, 0.4) is 0 Å². The summed E-state index contributed by atoms with van der Waals surface area (Å²) < 4.78 is 30.6. The Morgan fingerprint density at radius 1 is 1.29 bits per heavy atom. The third-order valence-electron chi connectivity index (χ3n) is 1.96. The molecule has 0 aromatic heterocycles. The van der Waals surface area contributed by atoms with Gasteiger partial charge in [0.25, 0.3) is 0 Å². The second-order valence-corrected chi connectivity index (χ2v) is 5.94. The summed E-state index contributed by atoms with van der Waals surface area (Å²) in [4.78, 5) is 0. The van der Waals surface area contributed by atoms with Gasteiger partial charge in [-0.25, -0.2) is 13.1 Å². The standard InChI is InChI=1S/C11H24N2O3S/c1-4-5-8-16-9-6-13-17(14,15)10-7-12-11(2)3/h4,11-13H,1,5-10H2,2-3H3. The molecule has 0 bridgehead atoms. The summed E-state index contributed by atoms with van der Waals surface area (Å²) in [6.45, 7) is 9.29. The van der Waals surface area contributed by atoms with Crippen LogP contribution >= 0.6 is 0 Å². The molecule has 0 aromatic rings. The molecule has 6 heteroatoms. The normalized spacial score (nSPS) is 11.9. The number of hydrogen-bond donors (Lipinski definition) is 2. The van der Waals surface area contributed by atoms with E-state index in [1.54, 1.807) is 6.08 Å². The number of hydrogen-bond acceptors (Lipinski definition) is 4. The molecule has 0 radical (unpaired) electrons. The van der Waals surface area contributed by atoms with Crippen molar-refractivity contribution >= 4 is 10.0 Å². The van der Waals surface area contributed by atoms with Crippen molar-refractivity contribution in [3.8, 4) is 0 Å². The molecule has 2 N–H and O–H groups in total. The van der Waals surface area contributed by atoms with E-state index in [9.17, 15) is 8.42 Å². The first kappa shape index (κ1) is 16.6. The van der Waals surface area contributed by atoms with E-state index in [0.29, 0.717) is 32.3 Å². The van der Waals surface area contributed by atoms with E-state index in [2.05, 4.69) is 16.6 Å². The molecule has 0 aliphatic heterocycles. The third kappa shape index (κ3) is 11.8. The molecule has 0 aliphatic carbocycles. The Morgan fingerprint density at radius 2 is 2.00 bits per heavy atom. The van der Waals surface area contributed by atoms with Gasteiger partial charge in [-0.1, -0.05) is 19.9 Å². The lowest BCUT2D eigenvalue weighted by Crippen LogP contribution is -2.35. The molecule has 5 nitrogen and oxygen atoms in total. The van der Waals surface area contributed by atoms with E-state index < -0.39 is 10.0 Å². The van der Waals surface area contributed by atoms with Gasteiger partial charge in [-0.3, -0.25) is 0 Å². The van der Waals surface area contributed by atoms with Crippen molar-refractivity contribution in [1.82, 2.24) is 10.0 Å². The van der Waals surface area contributed by atoms with E-state index in [4.69, 9.17) is 4.74 Å². The van der Waals surface area contributed by atoms with Crippen LogP contribution in [-0.4, -0.2) is 46.5 Å². The highest BCUT2D eigenvalue weighted by molar-refractivity contribution is 7.89. The molecule has 0 amide bonds. The molecule has 0 spiro atoms. The maximum absolute atomic E-state index is 11.5. The molecule has 0 fully saturated rings. The molecular weight excluding hydrogens is 240 g/mol. The SMILES string of the molecule is C=CCCOCCNS(=O)(=O)CCNC(C)C. The molecule has 17 heavy (non-hydrogen) atoms. The molecule has 0 unspecified atom stereocenters. The summed E-state index contributed by atoms with van der Waals surface area (Å²) in [7, 11) is -3.18. The van der Waals surface area contributed by atoms with Crippen LogP contribution in [-0.2, 0) is 14.8 Å². The smallest absolute Gasteiger partial charge is 0.212 e. The first-order valence-corrected chi connectivity index (χ1v) is 7.52. The van der Waals surface area contributed by atoms with Crippen LogP contribution in [0.2, 0.25) is 0 Å². The number of rotatable bonds is 11. The second-order valence-electron chi connectivity index (χ2n) is 4.01. The summed E-state index contributed by atoms with van der Waals surface area (Å²) >= 11 is 0. The Bertz CT molecular complexity index is 289. The van der Waals surface area contributed by atoms with E-state index in [1.807, 2.05) is 13.8 Å². The highest BCUT2D eigenvalue weighted by atomic mass is 32.2. The Hall–Kier alpha value is -0.430. The molecule has 0 rings (SSSR count). The van der Waals surface area contributed by atoms with Gasteiger partial charge >= 0.3 is 0 Å². The van der Waals surface area contributed by atoms with Crippen molar-refractivity contribution < 1.29 is 13.2 Å². The van der Waals surface area contributed by atoms with Crippen molar-refractivity contribution in [2.75, 3.05) is 32.1 Å². The van der Waals surface area contributed by atoms with Gasteiger partial charge < -0.3 is 10.1 Å². The molecule has 0 aliphatic rings. The Kier molecular flexibility index (Phi) is 9.34. The van der Waals surface area contributed by atoms with Crippen LogP contribution in [0.4, 0.5) is 0 Å². The molecule has 0 saturated carbocycles. The van der Waals surface area contributed by atoms with Crippen LogP contribution in [0.25, 0.3) is 0 Å². The molecule has 0 saturated heterocycles. The van der Waals surface area contributed by atoms with Gasteiger partial charge in [0.2, 0.25) is 10.0 Å². The minimum Gasteiger partial charge on any atom is -0.380 e. The number of ether oxygens (including phenoxy) is 1. The fraction of sp³-hybridized carbons (Fsp3) is 0.818. The summed E-state index contributed by atoms with van der Waals surface area (Å²) in [5, 5.41) is 3.06. The fourth-order valence-electron chi connectivity index (χ4n) is 1.09. The lowest BCUT2D eigenvalue weighted by molar-refractivity contribution is 0.144.